The van der Waals surface area contributed by atoms with Gasteiger partial charge in [-0.25, -0.2) is 4.39 Å². The SMILES string of the molecule is CC(O)c1ccc(N(C)Cc2ccc(F)cc2)cn1. The molecule has 0 aliphatic rings. The van der Waals surface area contributed by atoms with Gasteiger partial charge in [0.1, 0.15) is 5.82 Å². The Labute approximate surface area is 112 Å². The summed E-state index contributed by atoms with van der Waals surface area (Å²) in [5, 5.41) is 9.40. The number of benzene rings is 1. The Bertz CT molecular complexity index is 523. The van der Waals surface area contributed by atoms with Crippen LogP contribution in [0.4, 0.5) is 10.1 Å². The molecule has 4 heteroatoms. The van der Waals surface area contributed by atoms with Gasteiger partial charge >= 0.3 is 0 Å². The number of hydrogen-bond donors (Lipinski definition) is 1. The van der Waals surface area contributed by atoms with E-state index in [2.05, 4.69) is 4.98 Å². The Hall–Kier alpha value is -1.94. The van der Waals surface area contributed by atoms with Gasteiger partial charge in [0, 0.05) is 13.6 Å². The van der Waals surface area contributed by atoms with E-state index < -0.39 is 6.10 Å². The molecule has 1 heterocycles. The lowest BCUT2D eigenvalue weighted by Gasteiger charge is -2.19. The summed E-state index contributed by atoms with van der Waals surface area (Å²) in [4.78, 5) is 6.22. The van der Waals surface area contributed by atoms with Crippen molar-refractivity contribution in [3.05, 3.63) is 59.7 Å². The molecule has 2 rings (SSSR count). The number of aliphatic hydroxyl groups excluding tert-OH is 1. The van der Waals surface area contributed by atoms with Crippen molar-refractivity contribution in [1.29, 1.82) is 0 Å². The molecule has 19 heavy (non-hydrogen) atoms. The zero-order valence-electron chi connectivity index (χ0n) is 11.0. The normalized spacial score (nSPS) is 12.2. The molecule has 1 aromatic carbocycles. The maximum Gasteiger partial charge on any atom is 0.123 e. The van der Waals surface area contributed by atoms with Crippen LogP contribution < -0.4 is 4.90 Å². The predicted molar refractivity (Wildman–Crippen MR) is 73.4 cm³/mol. The lowest BCUT2D eigenvalue weighted by atomic mass is 10.2. The van der Waals surface area contributed by atoms with Crippen LogP contribution in [0.25, 0.3) is 0 Å². The zero-order valence-corrected chi connectivity index (χ0v) is 11.0. The molecule has 0 aliphatic carbocycles. The first-order valence-electron chi connectivity index (χ1n) is 6.16. The lowest BCUT2D eigenvalue weighted by Crippen LogP contribution is -2.16. The summed E-state index contributed by atoms with van der Waals surface area (Å²) < 4.78 is 12.8. The van der Waals surface area contributed by atoms with Gasteiger partial charge in [-0.2, -0.15) is 0 Å². The number of halogens is 1. The van der Waals surface area contributed by atoms with Crippen LogP contribution in [0.3, 0.4) is 0 Å². The van der Waals surface area contributed by atoms with Crippen LogP contribution in [-0.4, -0.2) is 17.1 Å². The third-order valence-electron chi connectivity index (χ3n) is 2.97. The third-order valence-corrected chi connectivity index (χ3v) is 2.97. The fourth-order valence-electron chi connectivity index (χ4n) is 1.83. The van der Waals surface area contributed by atoms with Crippen LogP contribution in [0.2, 0.25) is 0 Å². The minimum Gasteiger partial charge on any atom is -0.387 e. The molecule has 1 N–H and O–H groups in total. The summed E-state index contributed by atoms with van der Waals surface area (Å²) in [7, 11) is 1.95. The van der Waals surface area contributed by atoms with E-state index in [4.69, 9.17) is 0 Å². The zero-order chi connectivity index (χ0) is 13.8. The van der Waals surface area contributed by atoms with Gasteiger partial charge in [-0.05, 0) is 36.8 Å². The number of aromatic nitrogens is 1. The Morgan fingerprint density at radius 1 is 1.21 bits per heavy atom. The summed E-state index contributed by atoms with van der Waals surface area (Å²) in [6.45, 7) is 2.36. The van der Waals surface area contributed by atoms with Gasteiger partial charge in [0.2, 0.25) is 0 Å². The minimum absolute atomic E-state index is 0.227. The molecule has 0 fully saturated rings. The second-order valence-electron chi connectivity index (χ2n) is 4.60. The van der Waals surface area contributed by atoms with E-state index in [1.807, 2.05) is 18.0 Å². The second-order valence-corrected chi connectivity index (χ2v) is 4.60. The van der Waals surface area contributed by atoms with E-state index in [0.717, 1.165) is 11.3 Å². The van der Waals surface area contributed by atoms with Crippen LogP contribution in [0, 0.1) is 5.82 Å². The van der Waals surface area contributed by atoms with Gasteiger partial charge in [-0.1, -0.05) is 12.1 Å². The number of aliphatic hydroxyl groups is 1. The summed E-state index contributed by atoms with van der Waals surface area (Å²) in [6, 6.07) is 10.2. The molecule has 0 bridgehead atoms. The van der Waals surface area contributed by atoms with E-state index in [0.29, 0.717) is 12.2 Å². The molecule has 1 atom stereocenters. The standard InChI is InChI=1S/C15H17FN2O/c1-11(19)15-8-7-14(9-17-15)18(2)10-12-3-5-13(16)6-4-12/h3-9,11,19H,10H2,1-2H3. The molecule has 3 nitrogen and oxygen atoms in total. The molecule has 0 spiro atoms. The monoisotopic (exact) mass is 260 g/mol. The highest BCUT2D eigenvalue weighted by Crippen LogP contribution is 2.17. The highest BCUT2D eigenvalue weighted by atomic mass is 19.1. The van der Waals surface area contributed by atoms with Crippen molar-refractivity contribution in [3.8, 4) is 0 Å². The minimum atomic E-state index is -0.559. The van der Waals surface area contributed by atoms with E-state index >= 15 is 0 Å². The molecule has 100 valence electrons. The van der Waals surface area contributed by atoms with E-state index in [1.165, 1.54) is 12.1 Å². The smallest absolute Gasteiger partial charge is 0.123 e. The molecular weight excluding hydrogens is 243 g/mol. The van der Waals surface area contributed by atoms with Crippen LogP contribution in [0.5, 0.6) is 0 Å². The van der Waals surface area contributed by atoms with Crippen LogP contribution in [0.15, 0.2) is 42.6 Å². The Morgan fingerprint density at radius 3 is 2.42 bits per heavy atom. The average molecular weight is 260 g/mol. The number of nitrogens with zero attached hydrogens (tertiary/aromatic N) is 2. The predicted octanol–water partition coefficient (Wildman–Crippen LogP) is 2.91. The number of anilines is 1. The first-order chi connectivity index (χ1) is 9.06. The van der Waals surface area contributed by atoms with Crippen LogP contribution in [-0.2, 0) is 6.54 Å². The number of hydrogen-bond acceptors (Lipinski definition) is 3. The van der Waals surface area contributed by atoms with Gasteiger partial charge < -0.3 is 10.0 Å². The molecule has 0 aliphatic heterocycles. The largest absolute Gasteiger partial charge is 0.387 e. The van der Waals surface area contributed by atoms with Crippen LogP contribution in [0.1, 0.15) is 24.3 Å². The lowest BCUT2D eigenvalue weighted by molar-refractivity contribution is 0.194. The number of pyridine rings is 1. The number of rotatable bonds is 4. The summed E-state index contributed by atoms with van der Waals surface area (Å²) in [5.41, 5.74) is 2.64. The van der Waals surface area contributed by atoms with Crippen molar-refractivity contribution in [2.24, 2.45) is 0 Å². The van der Waals surface area contributed by atoms with E-state index in [9.17, 15) is 9.50 Å². The van der Waals surface area contributed by atoms with Crippen molar-refractivity contribution in [2.45, 2.75) is 19.6 Å². The van der Waals surface area contributed by atoms with Gasteiger partial charge in [0.25, 0.3) is 0 Å². The molecule has 0 saturated heterocycles. The molecule has 0 saturated carbocycles. The molecule has 1 unspecified atom stereocenters. The Kier molecular flexibility index (Phi) is 4.12. The first-order valence-corrected chi connectivity index (χ1v) is 6.16. The van der Waals surface area contributed by atoms with E-state index in [1.54, 1.807) is 31.3 Å². The maximum absolute atomic E-state index is 12.8. The topological polar surface area (TPSA) is 36.4 Å². The molecule has 0 radical (unpaired) electrons. The summed E-state index contributed by atoms with van der Waals surface area (Å²) in [5.74, 6) is -0.227. The Morgan fingerprint density at radius 2 is 1.89 bits per heavy atom. The van der Waals surface area contributed by atoms with Gasteiger partial charge in [-0.3, -0.25) is 4.98 Å². The van der Waals surface area contributed by atoms with Gasteiger partial charge in [0.05, 0.1) is 23.7 Å². The Balaban J connectivity index is 2.07. The summed E-state index contributed by atoms with van der Waals surface area (Å²) in [6.07, 6.45) is 1.17. The first kappa shape index (κ1) is 13.5. The molecule has 0 amide bonds. The molecule has 2 aromatic rings. The van der Waals surface area contributed by atoms with Crippen molar-refractivity contribution in [3.63, 3.8) is 0 Å². The summed E-state index contributed by atoms with van der Waals surface area (Å²) >= 11 is 0. The fraction of sp³-hybridized carbons (Fsp3) is 0.267. The average Bonchev–Trinajstić information content (AvgIpc) is 2.41. The highest BCUT2D eigenvalue weighted by Gasteiger charge is 2.05. The van der Waals surface area contributed by atoms with Gasteiger partial charge in [-0.15, -0.1) is 0 Å². The van der Waals surface area contributed by atoms with Crippen molar-refractivity contribution >= 4 is 5.69 Å². The quantitative estimate of drug-likeness (QED) is 0.918. The van der Waals surface area contributed by atoms with E-state index in [-0.39, 0.29) is 5.82 Å². The molecule has 1 aromatic heterocycles. The van der Waals surface area contributed by atoms with Gasteiger partial charge in [0.15, 0.2) is 0 Å². The fourth-order valence-corrected chi connectivity index (χ4v) is 1.83. The van der Waals surface area contributed by atoms with Crippen molar-refractivity contribution in [1.82, 2.24) is 4.98 Å². The second kappa shape index (κ2) is 5.80. The highest BCUT2D eigenvalue weighted by molar-refractivity contribution is 5.44. The third kappa shape index (κ3) is 3.51. The maximum atomic E-state index is 12.8. The van der Waals surface area contributed by atoms with Crippen molar-refractivity contribution < 1.29 is 9.50 Å². The van der Waals surface area contributed by atoms with Crippen LogP contribution >= 0.6 is 0 Å². The molecular formula is C15H17FN2O. The van der Waals surface area contributed by atoms with Crippen molar-refractivity contribution in [2.75, 3.05) is 11.9 Å².